The molecule has 1 atom stereocenters. The van der Waals surface area contributed by atoms with Gasteiger partial charge in [-0.25, -0.2) is 4.98 Å². The number of aromatic nitrogens is 1. The second-order valence-corrected chi connectivity index (χ2v) is 5.79. The van der Waals surface area contributed by atoms with E-state index in [0.29, 0.717) is 13.0 Å². The molecule has 0 aliphatic carbocycles. The van der Waals surface area contributed by atoms with Crippen LogP contribution in [0.15, 0.2) is 29.6 Å². The molecular formula is C15H15NO2S. The van der Waals surface area contributed by atoms with Crippen LogP contribution < -0.4 is 4.74 Å². The fourth-order valence-electron chi connectivity index (χ4n) is 2.47. The van der Waals surface area contributed by atoms with Gasteiger partial charge in [0.25, 0.3) is 0 Å². The van der Waals surface area contributed by atoms with Crippen molar-refractivity contribution in [1.82, 2.24) is 4.98 Å². The van der Waals surface area contributed by atoms with Gasteiger partial charge >= 0.3 is 0 Å². The van der Waals surface area contributed by atoms with E-state index >= 15 is 0 Å². The van der Waals surface area contributed by atoms with Gasteiger partial charge < -0.3 is 4.74 Å². The summed E-state index contributed by atoms with van der Waals surface area (Å²) in [4.78, 5) is 16.8. The van der Waals surface area contributed by atoms with Gasteiger partial charge in [0.1, 0.15) is 11.5 Å². The van der Waals surface area contributed by atoms with Crippen molar-refractivity contribution in [2.45, 2.75) is 25.7 Å². The molecule has 0 fully saturated rings. The van der Waals surface area contributed by atoms with E-state index in [2.05, 4.69) is 4.98 Å². The van der Waals surface area contributed by atoms with Crippen LogP contribution in [0.4, 0.5) is 0 Å². The number of carbonyl (C=O) groups is 1. The third-order valence-corrected chi connectivity index (χ3v) is 4.19. The van der Waals surface area contributed by atoms with Crippen LogP contribution in [0.25, 0.3) is 0 Å². The highest BCUT2D eigenvalue weighted by atomic mass is 32.1. The molecule has 1 aliphatic rings. The number of carbonyl (C=O) groups excluding carboxylic acids is 1. The molecule has 1 unspecified atom stereocenters. The van der Waals surface area contributed by atoms with Crippen molar-refractivity contribution in [3.63, 3.8) is 0 Å². The average molecular weight is 273 g/mol. The van der Waals surface area contributed by atoms with Crippen LogP contribution >= 0.6 is 11.3 Å². The summed E-state index contributed by atoms with van der Waals surface area (Å²) in [6.07, 6.45) is 1.18. The Morgan fingerprint density at radius 2 is 2.32 bits per heavy atom. The molecule has 0 saturated heterocycles. The molecule has 2 aromatic rings. The van der Waals surface area contributed by atoms with Crippen LogP contribution in [-0.2, 0) is 11.2 Å². The van der Waals surface area contributed by atoms with Crippen LogP contribution in [0.2, 0.25) is 0 Å². The zero-order valence-corrected chi connectivity index (χ0v) is 11.6. The number of benzene rings is 1. The number of para-hydroxylation sites is 1. The van der Waals surface area contributed by atoms with E-state index in [-0.39, 0.29) is 11.7 Å². The molecule has 98 valence electrons. The molecule has 2 heterocycles. The first-order valence-electron chi connectivity index (χ1n) is 6.39. The fraction of sp³-hybridized carbons (Fsp3) is 0.333. The summed E-state index contributed by atoms with van der Waals surface area (Å²) in [6, 6.07) is 7.82. The highest BCUT2D eigenvalue weighted by Crippen LogP contribution is 2.34. The molecular weight excluding hydrogens is 258 g/mol. The van der Waals surface area contributed by atoms with E-state index in [1.54, 1.807) is 11.3 Å². The van der Waals surface area contributed by atoms with Crippen LogP contribution in [-0.4, -0.2) is 17.4 Å². The van der Waals surface area contributed by atoms with Gasteiger partial charge in [0.05, 0.1) is 23.7 Å². The normalized spacial score (nSPS) is 17.6. The predicted molar refractivity (Wildman–Crippen MR) is 74.9 cm³/mol. The van der Waals surface area contributed by atoms with Gasteiger partial charge in [0, 0.05) is 16.9 Å². The number of hydrogen-bond donors (Lipinski definition) is 0. The van der Waals surface area contributed by atoms with E-state index in [1.807, 2.05) is 36.6 Å². The monoisotopic (exact) mass is 273 g/mol. The van der Waals surface area contributed by atoms with Crippen molar-refractivity contribution in [2.75, 3.05) is 6.61 Å². The lowest BCUT2D eigenvalue weighted by molar-refractivity contribution is -0.120. The summed E-state index contributed by atoms with van der Waals surface area (Å²) in [5, 5.41) is 2.98. The number of hydrogen-bond acceptors (Lipinski definition) is 4. The number of aryl methyl sites for hydroxylation is 1. The first-order valence-corrected chi connectivity index (χ1v) is 7.27. The van der Waals surface area contributed by atoms with Gasteiger partial charge in [-0.15, -0.1) is 11.3 Å². The Hall–Kier alpha value is -1.68. The lowest BCUT2D eigenvalue weighted by Gasteiger charge is -2.24. The number of ketones is 1. The first kappa shape index (κ1) is 12.4. The highest BCUT2D eigenvalue weighted by Gasteiger charge is 2.27. The van der Waals surface area contributed by atoms with Gasteiger partial charge in [-0.05, 0) is 19.4 Å². The molecule has 3 nitrogen and oxygen atoms in total. The zero-order valence-electron chi connectivity index (χ0n) is 10.8. The number of fused-ring (bicyclic) bond motifs is 1. The Morgan fingerprint density at radius 3 is 3.11 bits per heavy atom. The summed E-state index contributed by atoms with van der Waals surface area (Å²) in [6.45, 7) is 2.58. The Balaban J connectivity index is 1.81. The van der Waals surface area contributed by atoms with Gasteiger partial charge in [0.15, 0.2) is 0 Å². The second-order valence-electron chi connectivity index (χ2n) is 4.73. The molecule has 3 rings (SSSR count). The van der Waals surface area contributed by atoms with E-state index in [4.69, 9.17) is 4.74 Å². The van der Waals surface area contributed by atoms with Crippen molar-refractivity contribution in [1.29, 1.82) is 0 Å². The van der Waals surface area contributed by atoms with Crippen LogP contribution in [0.1, 0.15) is 28.6 Å². The molecule has 0 spiro atoms. The third kappa shape index (κ3) is 2.54. The minimum absolute atomic E-state index is 0.0491. The quantitative estimate of drug-likeness (QED) is 0.862. The zero-order chi connectivity index (χ0) is 13.2. The SMILES string of the molecule is Cc1nc(CC(=O)C2CCOc3ccccc32)cs1. The molecule has 19 heavy (non-hydrogen) atoms. The van der Waals surface area contributed by atoms with Crippen molar-refractivity contribution in [3.8, 4) is 5.75 Å². The maximum absolute atomic E-state index is 12.4. The average Bonchev–Trinajstić information content (AvgIpc) is 2.83. The molecule has 0 radical (unpaired) electrons. The Bertz CT molecular complexity index is 606. The largest absolute Gasteiger partial charge is 0.493 e. The number of ether oxygens (including phenoxy) is 1. The minimum Gasteiger partial charge on any atom is -0.493 e. The maximum Gasteiger partial charge on any atom is 0.146 e. The number of Topliss-reactive ketones (excluding diaryl/α,β-unsaturated/α-hetero) is 1. The Morgan fingerprint density at radius 1 is 1.47 bits per heavy atom. The molecule has 1 aromatic carbocycles. The number of rotatable bonds is 3. The van der Waals surface area contributed by atoms with Crippen molar-refractivity contribution in [3.05, 3.63) is 45.9 Å². The van der Waals surface area contributed by atoms with Gasteiger partial charge in [-0.3, -0.25) is 4.79 Å². The van der Waals surface area contributed by atoms with E-state index in [9.17, 15) is 4.79 Å². The summed E-state index contributed by atoms with van der Waals surface area (Å²) in [7, 11) is 0. The maximum atomic E-state index is 12.4. The molecule has 0 N–H and O–H groups in total. The molecule has 0 bridgehead atoms. The van der Waals surface area contributed by atoms with Gasteiger partial charge in [0.2, 0.25) is 0 Å². The van der Waals surface area contributed by atoms with Crippen LogP contribution in [0, 0.1) is 6.92 Å². The third-order valence-electron chi connectivity index (χ3n) is 3.37. The predicted octanol–water partition coefficient (Wildman–Crippen LogP) is 3.13. The molecule has 0 saturated carbocycles. The summed E-state index contributed by atoms with van der Waals surface area (Å²) in [5.41, 5.74) is 1.90. The molecule has 4 heteroatoms. The topological polar surface area (TPSA) is 39.2 Å². The number of nitrogens with zero attached hydrogens (tertiary/aromatic N) is 1. The standard InChI is InChI=1S/C15H15NO2S/c1-10-16-11(9-19-10)8-14(17)12-6-7-18-15-5-3-2-4-13(12)15/h2-5,9,12H,6-8H2,1H3. The van der Waals surface area contributed by atoms with E-state index in [0.717, 1.165) is 28.4 Å². The van der Waals surface area contributed by atoms with Gasteiger partial charge in [-0.1, -0.05) is 18.2 Å². The van der Waals surface area contributed by atoms with Crippen molar-refractivity contribution in [2.24, 2.45) is 0 Å². The Labute approximate surface area is 116 Å². The lowest BCUT2D eigenvalue weighted by Crippen LogP contribution is -2.22. The summed E-state index contributed by atoms with van der Waals surface area (Å²) >= 11 is 1.59. The van der Waals surface area contributed by atoms with Crippen LogP contribution in [0.3, 0.4) is 0 Å². The molecule has 1 aliphatic heterocycles. The van der Waals surface area contributed by atoms with E-state index in [1.165, 1.54) is 0 Å². The second kappa shape index (κ2) is 5.13. The van der Waals surface area contributed by atoms with E-state index < -0.39 is 0 Å². The number of thiazole rings is 1. The summed E-state index contributed by atoms with van der Waals surface area (Å²) in [5.74, 6) is 1.04. The van der Waals surface area contributed by atoms with Crippen molar-refractivity contribution < 1.29 is 9.53 Å². The van der Waals surface area contributed by atoms with Gasteiger partial charge in [-0.2, -0.15) is 0 Å². The molecule has 1 aromatic heterocycles. The smallest absolute Gasteiger partial charge is 0.146 e. The fourth-order valence-corrected chi connectivity index (χ4v) is 3.08. The van der Waals surface area contributed by atoms with Crippen molar-refractivity contribution >= 4 is 17.1 Å². The lowest BCUT2D eigenvalue weighted by atomic mass is 9.88. The summed E-state index contributed by atoms with van der Waals surface area (Å²) < 4.78 is 5.59. The highest BCUT2D eigenvalue weighted by molar-refractivity contribution is 7.09. The minimum atomic E-state index is -0.0491. The van der Waals surface area contributed by atoms with Crippen LogP contribution in [0.5, 0.6) is 5.75 Å². The Kier molecular flexibility index (Phi) is 3.34. The molecule has 0 amide bonds. The first-order chi connectivity index (χ1) is 9.24.